The van der Waals surface area contributed by atoms with Crippen LogP contribution < -0.4 is 10.6 Å². The Morgan fingerprint density at radius 1 is 1.28 bits per heavy atom. The van der Waals surface area contributed by atoms with E-state index in [1.165, 1.54) is 0 Å². The number of nitrogens with zero attached hydrogens (tertiary/aromatic N) is 3. The molecule has 18 heavy (non-hydrogen) atoms. The van der Waals surface area contributed by atoms with Crippen molar-refractivity contribution in [3.63, 3.8) is 0 Å². The van der Waals surface area contributed by atoms with Crippen LogP contribution in [0, 0.1) is 0 Å². The number of nitrogens with one attached hydrogen (secondary N) is 2. The van der Waals surface area contributed by atoms with Gasteiger partial charge < -0.3 is 15.5 Å². The highest BCUT2D eigenvalue weighted by molar-refractivity contribution is 5.41. The lowest BCUT2D eigenvalue weighted by molar-refractivity contribution is 0.390. The zero-order valence-corrected chi connectivity index (χ0v) is 11.9. The Morgan fingerprint density at radius 2 is 2.00 bits per heavy atom. The molecule has 0 saturated carbocycles. The minimum Gasteiger partial charge on any atom is -0.369 e. The molecule has 0 fully saturated rings. The van der Waals surface area contributed by atoms with Crippen LogP contribution >= 0.6 is 0 Å². The molecule has 0 spiro atoms. The second kappa shape index (κ2) is 7.87. The molecule has 0 amide bonds. The van der Waals surface area contributed by atoms with Gasteiger partial charge in [0.25, 0.3) is 0 Å². The SMILES string of the molecule is CCCNc1cncc(NC(C)CCN(C)C)n1. The average Bonchev–Trinajstić information content (AvgIpc) is 2.34. The predicted molar refractivity (Wildman–Crippen MR) is 77.1 cm³/mol. The molecule has 1 heterocycles. The Kier molecular flexibility index (Phi) is 6.43. The highest BCUT2D eigenvalue weighted by atomic mass is 15.1. The van der Waals surface area contributed by atoms with Gasteiger partial charge in [-0.15, -0.1) is 0 Å². The van der Waals surface area contributed by atoms with E-state index in [-0.39, 0.29) is 0 Å². The van der Waals surface area contributed by atoms with Crippen molar-refractivity contribution in [2.45, 2.75) is 32.7 Å². The van der Waals surface area contributed by atoms with Crippen LogP contribution in [0.5, 0.6) is 0 Å². The Morgan fingerprint density at radius 3 is 2.67 bits per heavy atom. The summed E-state index contributed by atoms with van der Waals surface area (Å²) in [5, 5.41) is 6.61. The standard InChI is InChI=1S/C13H25N5/c1-5-7-15-12-9-14-10-13(17-12)16-11(2)6-8-18(3)4/h9-11H,5-8H2,1-4H3,(H2,15,16,17). The van der Waals surface area contributed by atoms with E-state index in [0.29, 0.717) is 6.04 Å². The average molecular weight is 251 g/mol. The van der Waals surface area contributed by atoms with E-state index in [1.807, 2.05) is 0 Å². The summed E-state index contributed by atoms with van der Waals surface area (Å²) in [7, 11) is 4.17. The van der Waals surface area contributed by atoms with Crippen LogP contribution in [0.1, 0.15) is 26.7 Å². The molecule has 1 atom stereocenters. The summed E-state index contributed by atoms with van der Waals surface area (Å²) in [6, 6.07) is 0.392. The summed E-state index contributed by atoms with van der Waals surface area (Å²) in [4.78, 5) is 10.9. The van der Waals surface area contributed by atoms with E-state index in [1.54, 1.807) is 12.4 Å². The van der Waals surface area contributed by atoms with Gasteiger partial charge in [0.1, 0.15) is 11.6 Å². The third kappa shape index (κ3) is 5.82. The second-order valence-corrected chi connectivity index (χ2v) is 4.85. The summed E-state index contributed by atoms with van der Waals surface area (Å²) in [6.07, 6.45) is 5.69. The molecule has 0 bridgehead atoms. The highest BCUT2D eigenvalue weighted by Crippen LogP contribution is 2.09. The Hall–Kier alpha value is -1.36. The van der Waals surface area contributed by atoms with E-state index < -0.39 is 0 Å². The van der Waals surface area contributed by atoms with Crippen molar-refractivity contribution in [2.24, 2.45) is 0 Å². The topological polar surface area (TPSA) is 53.1 Å². The molecule has 1 unspecified atom stereocenters. The molecule has 1 aromatic rings. The Bertz CT molecular complexity index is 340. The van der Waals surface area contributed by atoms with Crippen molar-refractivity contribution in [2.75, 3.05) is 37.8 Å². The zero-order valence-electron chi connectivity index (χ0n) is 11.9. The van der Waals surface area contributed by atoms with Gasteiger partial charge >= 0.3 is 0 Å². The summed E-state index contributed by atoms with van der Waals surface area (Å²) in [6.45, 7) is 6.28. The number of anilines is 2. The van der Waals surface area contributed by atoms with Crippen molar-refractivity contribution in [1.29, 1.82) is 0 Å². The van der Waals surface area contributed by atoms with Gasteiger partial charge in [-0.3, -0.25) is 4.98 Å². The van der Waals surface area contributed by atoms with Gasteiger partial charge in [-0.25, -0.2) is 4.98 Å². The number of hydrogen-bond acceptors (Lipinski definition) is 5. The minimum absolute atomic E-state index is 0.392. The van der Waals surface area contributed by atoms with Crippen molar-refractivity contribution in [3.05, 3.63) is 12.4 Å². The van der Waals surface area contributed by atoms with E-state index in [4.69, 9.17) is 0 Å². The third-order valence-corrected chi connectivity index (χ3v) is 2.59. The number of aromatic nitrogens is 2. The monoisotopic (exact) mass is 251 g/mol. The molecule has 1 rings (SSSR count). The van der Waals surface area contributed by atoms with E-state index >= 15 is 0 Å². The Labute approximate surface area is 110 Å². The molecule has 0 saturated heterocycles. The van der Waals surface area contributed by atoms with Crippen LogP contribution in [0.2, 0.25) is 0 Å². The summed E-state index contributed by atoms with van der Waals surface area (Å²) in [5.41, 5.74) is 0. The zero-order chi connectivity index (χ0) is 13.4. The van der Waals surface area contributed by atoms with Gasteiger partial charge in [0.2, 0.25) is 0 Å². The van der Waals surface area contributed by atoms with Gasteiger partial charge in [-0.05, 0) is 40.4 Å². The van der Waals surface area contributed by atoms with Crippen molar-refractivity contribution >= 4 is 11.6 Å². The quantitative estimate of drug-likeness (QED) is 0.740. The first-order chi connectivity index (χ1) is 8.61. The maximum atomic E-state index is 4.48. The Balaban J connectivity index is 2.45. The number of rotatable bonds is 8. The molecule has 0 aliphatic carbocycles. The summed E-state index contributed by atoms with van der Waals surface area (Å²) in [5.74, 6) is 1.67. The third-order valence-electron chi connectivity index (χ3n) is 2.59. The number of hydrogen-bond donors (Lipinski definition) is 2. The second-order valence-electron chi connectivity index (χ2n) is 4.85. The molecule has 2 N–H and O–H groups in total. The fourth-order valence-corrected chi connectivity index (χ4v) is 1.55. The largest absolute Gasteiger partial charge is 0.369 e. The van der Waals surface area contributed by atoms with Gasteiger partial charge in [0, 0.05) is 12.6 Å². The first-order valence-electron chi connectivity index (χ1n) is 6.59. The van der Waals surface area contributed by atoms with Crippen molar-refractivity contribution < 1.29 is 0 Å². The maximum absolute atomic E-state index is 4.48. The molecule has 5 nitrogen and oxygen atoms in total. The van der Waals surface area contributed by atoms with E-state index in [9.17, 15) is 0 Å². The molecule has 0 aromatic carbocycles. The molecule has 0 radical (unpaired) electrons. The molecule has 102 valence electrons. The van der Waals surface area contributed by atoms with Crippen LogP contribution in [-0.2, 0) is 0 Å². The predicted octanol–water partition coefficient (Wildman–Crippen LogP) is 2.05. The molecule has 0 aliphatic heterocycles. The summed E-state index contributed by atoms with van der Waals surface area (Å²) < 4.78 is 0. The lowest BCUT2D eigenvalue weighted by Gasteiger charge is -2.17. The van der Waals surface area contributed by atoms with Crippen LogP contribution in [0.3, 0.4) is 0 Å². The van der Waals surface area contributed by atoms with Crippen molar-refractivity contribution in [3.8, 4) is 0 Å². The minimum atomic E-state index is 0.392. The van der Waals surface area contributed by atoms with Crippen LogP contribution in [0.15, 0.2) is 12.4 Å². The lowest BCUT2D eigenvalue weighted by Crippen LogP contribution is -2.23. The first-order valence-corrected chi connectivity index (χ1v) is 6.59. The summed E-state index contributed by atoms with van der Waals surface area (Å²) >= 11 is 0. The van der Waals surface area contributed by atoms with Crippen LogP contribution in [-0.4, -0.2) is 48.1 Å². The molecule has 1 aromatic heterocycles. The van der Waals surface area contributed by atoms with Gasteiger partial charge in [-0.1, -0.05) is 6.92 Å². The first kappa shape index (κ1) is 14.7. The molecule has 5 heteroatoms. The lowest BCUT2D eigenvalue weighted by atomic mass is 10.2. The molecular formula is C13H25N5. The van der Waals surface area contributed by atoms with E-state index in [0.717, 1.165) is 37.6 Å². The van der Waals surface area contributed by atoms with Crippen molar-refractivity contribution in [1.82, 2.24) is 14.9 Å². The van der Waals surface area contributed by atoms with Gasteiger partial charge in [0.15, 0.2) is 0 Å². The van der Waals surface area contributed by atoms with Crippen LogP contribution in [0.25, 0.3) is 0 Å². The normalized spacial score (nSPS) is 12.5. The molecule has 0 aliphatic rings. The van der Waals surface area contributed by atoms with E-state index in [2.05, 4.69) is 53.4 Å². The fourth-order valence-electron chi connectivity index (χ4n) is 1.55. The molecular weight excluding hydrogens is 226 g/mol. The van der Waals surface area contributed by atoms with Gasteiger partial charge in [-0.2, -0.15) is 0 Å². The fraction of sp³-hybridized carbons (Fsp3) is 0.692. The maximum Gasteiger partial charge on any atom is 0.147 e. The van der Waals surface area contributed by atoms with Gasteiger partial charge in [0.05, 0.1) is 12.4 Å². The smallest absolute Gasteiger partial charge is 0.147 e. The van der Waals surface area contributed by atoms with Crippen LogP contribution in [0.4, 0.5) is 11.6 Å². The highest BCUT2D eigenvalue weighted by Gasteiger charge is 2.04.